The Bertz CT molecular complexity index is 1230. The normalized spacial score (nSPS) is 11.0. The molecule has 0 atom stereocenters. The van der Waals surface area contributed by atoms with Gasteiger partial charge in [0.25, 0.3) is 0 Å². The lowest BCUT2D eigenvalue weighted by Crippen LogP contribution is -1.98. The molecule has 0 aliphatic carbocycles. The number of carbonyl (C=O) groups is 1. The van der Waals surface area contributed by atoms with Crippen LogP contribution in [-0.2, 0) is 0 Å². The van der Waals surface area contributed by atoms with Gasteiger partial charge in [0.1, 0.15) is 0 Å². The van der Waals surface area contributed by atoms with Gasteiger partial charge in [-0.3, -0.25) is 4.79 Å². The van der Waals surface area contributed by atoms with E-state index >= 15 is 0 Å². The molecule has 0 unspecified atom stereocenters. The number of anilines is 2. The highest BCUT2D eigenvalue weighted by Crippen LogP contribution is 2.39. The molecule has 7 nitrogen and oxygen atoms in total. The summed E-state index contributed by atoms with van der Waals surface area (Å²) in [5.41, 5.74) is 9.06. The molecule has 3 aromatic rings. The van der Waals surface area contributed by atoms with Crippen molar-refractivity contribution in [2.45, 2.75) is 0 Å². The number of halogens is 1. The predicted molar refractivity (Wildman–Crippen MR) is 141 cm³/mol. The Morgan fingerprint density at radius 2 is 1.40 bits per heavy atom. The Balaban J connectivity index is 1.85. The molecule has 3 aromatic carbocycles. The van der Waals surface area contributed by atoms with Gasteiger partial charge >= 0.3 is 0 Å². The SMILES string of the molecule is COc1cc(C=Cc2cc(Cl)c(OC)c(NC=CC(=O)c3ccc(N)cc3)c2)cc(OC)c1OC. The molecule has 0 spiro atoms. The quantitative estimate of drug-likeness (QED) is 0.156. The van der Waals surface area contributed by atoms with Crippen LogP contribution < -0.4 is 30.0 Å². The maximum atomic E-state index is 12.4. The topological polar surface area (TPSA) is 92.0 Å². The lowest BCUT2D eigenvalue weighted by atomic mass is 10.1. The summed E-state index contributed by atoms with van der Waals surface area (Å²) in [4.78, 5) is 12.4. The van der Waals surface area contributed by atoms with E-state index in [1.165, 1.54) is 13.2 Å². The van der Waals surface area contributed by atoms with Crippen molar-refractivity contribution in [3.63, 3.8) is 0 Å². The van der Waals surface area contributed by atoms with Crippen LogP contribution in [-0.4, -0.2) is 34.2 Å². The van der Waals surface area contributed by atoms with E-state index in [4.69, 9.17) is 36.3 Å². The zero-order valence-corrected chi connectivity index (χ0v) is 20.7. The number of carbonyl (C=O) groups excluding carboxylic acids is 1. The van der Waals surface area contributed by atoms with Crippen molar-refractivity contribution in [1.29, 1.82) is 0 Å². The number of nitrogen functional groups attached to an aromatic ring is 1. The van der Waals surface area contributed by atoms with Crippen LogP contribution in [0.3, 0.4) is 0 Å². The van der Waals surface area contributed by atoms with Crippen molar-refractivity contribution >= 4 is 40.9 Å². The van der Waals surface area contributed by atoms with Gasteiger partial charge in [0, 0.05) is 23.5 Å². The average molecular weight is 495 g/mol. The number of nitrogens with one attached hydrogen (secondary N) is 1. The fourth-order valence-electron chi connectivity index (χ4n) is 3.37. The first-order chi connectivity index (χ1) is 16.9. The van der Waals surface area contributed by atoms with Gasteiger partial charge in [-0.1, -0.05) is 23.8 Å². The van der Waals surface area contributed by atoms with Crippen molar-refractivity contribution in [2.75, 3.05) is 39.5 Å². The second-order valence-electron chi connectivity index (χ2n) is 7.34. The second-order valence-corrected chi connectivity index (χ2v) is 7.75. The smallest absolute Gasteiger partial charge is 0.203 e. The monoisotopic (exact) mass is 494 g/mol. The molecule has 3 rings (SSSR count). The minimum absolute atomic E-state index is 0.166. The van der Waals surface area contributed by atoms with Crippen LogP contribution >= 0.6 is 11.6 Å². The molecule has 182 valence electrons. The van der Waals surface area contributed by atoms with E-state index in [1.807, 2.05) is 30.4 Å². The molecular formula is C27H27ClN2O5. The van der Waals surface area contributed by atoms with Gasteiger partial charge in [0.05, 0.1) is 39.1 Å². The van der Waals surface area contributed by atoms with Crippen molar-refractivity contribution in [3.05, 3.63) is 82.5 Å². The number of nitrogens with two attached hydrogens (primary N) is 1. The highest BCUT2D eigenvalue weighted by Gasteiger charge is 2.13. The Labute approximate surface area is 209 Å². The number of hydrogen-bond acceptors (Lipinski definition) is 7. The summed E-state index contributed by atoms with van der Waals surface area (Å²) < 4.78 is 21.6. The van der Waals surface area contributed by atoms with E-state index < -0.39 is 0 Å². The Kier molecular flexibility index (Phi) is 8.64. The molecule has 35 heavy (non-hydrogen) atoms. The standard InChI is InChI=1S/C27H27ClN2O5/c1-32-24-15-18(16-25(33-2)27(24)35-4)6-5-17-13-21(28)26(34-3)22(14-17)30-12-11-23(31)19-7-9-20(29)10-8-19/h5-16,30H,29H2,1-4H3. The summed E-state index contributed by atoms with van der Waals surface area (Å²) in [6.07, 6.45) is 6.75. The van der Waals surface area contributed by atoms with E-state index in [-0.39, 0.29) is 5.78 Å². The molecule has 0 aromatic heterocycles. The summed E-state index contributed by atoms with van der Waals surface area (Å²) in [6, 6.07) is 14.0. The lowest BCUT2D eigenvalue weighted by molar-refractivity contribution is 0.104. The zero-order valence-electron chi connectivity index (χ0n) is 19.9. The maximum absolute atomic E-state index is 12.4. The summed E-state index contributed by atoms with van der Waals surface area (Å²) in [7, 11) is 6.22. The van der Waals surface area contributed by atoms with Crippen molar-refractivity contribution in [3.8, 4) is 23.0 Å². The molecule has 0 amide bonds. The Morgan fingerprint density at radius 3 is 1.94 bits per heavy atom. The van der Waals surface area contributed by atoms with E-state index in [0.717, 1.165) is 11.1 Å². The van der Waals surface area contributed by atoms with Crippen LogP contribution in [0.25, 0.3) is 12.2 Å². The third-order valence-corrected chi connectivity index (χ3v) is 5.37. The van der Waals surface area contributed by atoms with E-state index in [1.54, 1.807) is 57.9 Å². The van der Waals surface area contributed by atoms with Gasteiger partial charge in [-0.05, 0) is 59.7 Å². The van der Waals surface area contributed by atoms with Gasteiger partial charge in [0.15, 0.2) is 23.0 Å². The molecule has 3 N–H and O–H groups in total. The summed E-state index contributed by atoms with van der Waals surface area (Å²) in [5, 5.41) is 3.50. The number of rotatable bonds is 10. The van der Waals surface area contributed by atoms with Gasteiger partial charge in [-0.25, -0.2) is 0 Å². The summed E-state index contributed by atoms with van der Waals surface area (Å²) in [6.45, 7) is 0. The first-order valence-corrected chi connectivity index (χ1v) is 11.0. The Hall–Kier alpha value is -4.10. The summed E-state index contributed by atoms with van der Waals surface area (Å²) >= 11 is 6.45. The predicted octanol–water partition coefficient (Wildman–Crippen LogP) is 5.94. The fraction of sp³-hybridized carbons (Fsp3) is 0.148. The molecule has 0 aliphatic heterocycles. The molecule has 0 fully saturated rings. The van der Waals surface area contributed by atoms with Crippen LogP contribution in [0.2, 0.25) is 5.02 Å². The zero-order chi connectivity index (χ0) is 25.4. The van der Waals surface area contributed by atoms with E-state index in [0.29, 0.717) is 45.0 Å². The van der Waals surface area contributed by atoms with Crippen LogP contribution in [0.5, 0.6) is 23.0 Å². The largest absolute Gasteiger partial charge is 0.493 e. The minimum Gasteiger partial charge on any atom is -0.493 e. The van der Waals surface area contributed by atoms with Gasteiger partial charge in [0.2, 0.25) is 5.75 Å². The number of allylic oxidation sites excluding steroid dienone is 1. The minimum atomic E-state index is -0.166. The van der Waals surface area contributed by atoms with Crippen molar-refractivity contribution < 1.29 is 23.7 Å². The van der Waals surface area contributed by atoms with Crippen molar-refractivity contribution in [1.82, 2.24) is 0 Å². The Morgan fingerprint density at radius 1 is 0.829 bits per heavy atom. The first kappa shape index (κ1) is 25.5. The second kappa shape index (κ2) is 11.9. The van der Waals surface area contributed by atoms with Gasteiger partial charge < -0.3 is 30.0 Å². The molecule has 0 aliphatic rings. The first-order valence-electron chi connectivity index (χ1n) is 10.6. The van der Waals surface area contributed by atoms with Crippen LogP contribution in [0.4, 0.5) is 11.4 Å². The van der Waals surface area contributed by atoms with Gasteiger partial charge in [-0.2, -0.15) is 0 Å². The van der Waals surface area contributed by atoms with E-state index in [2.05, 4.69) is 5.32 Å². The average Bonchev–Trinajstić information content (AvgIpc) is 2.86. The lowest BCUT2D eigenvalue weighted by Gasteiger charge is -2.13. The highest BCUT2D eigenvalue weighted by molar-refractivity contribution is 6.32. The van der Waals surface area contributed by atoms with Crippen LogP contribution in [0, 0.1) is 0 Å². The number of methoxy groups -OCH3 is 4. The molecule has 0 heterocycles. The number of hydrogen-bond donors (Lipinski definition) is 2. The molecular weight excluding hydrogens is 468 g/mol. The highest BCUT2D eigenvalue weighted by atomic mass is 35.5. The van der Waals surface area contributed by atoms with Gasteiger partial charge in [-0.15, -0.1) is 0 Å². The molecule has 0 bridgehead atoms. The molecule has 0 saturated carbocycles. The number of benzene rings is 3. The third-order valence-electron chi connectivity index (χ3n) is 5.09. The molecule has 8 heteroatoms. The number of ketones is 1. The van der Waals surface area contributed by atoms with Crippen LogP contribution in [0.15, 0.2) is 60.8 Å². The molecule has 0 saturated heterocycles. The van der Waals surface area contributed by atoms with Crippen LogP contribution in [0.1, 0.15) is 21.5 Å². The van der Waals surface area contributed by atoms with Crippen molar-refractivity contribution in [2.24, 2.45) is 0 Å². The number of ether oxygens (including phenoxy) is 4. The third kappa shape index (κ3) is 6.28. The maximum Gasteiger partial charge on any atom is 0.203 e. The summed E-state index contributed by atoms with van der Waals surface area (Å²) in [5.74, 6) is 1.92. The fourth-order valence-corrected chi connectivity index (χ4v) is 3.67. The van der Waals surface area contributed by atoms with E-state index in [9.17, 15) is 4.79 Å². The molecule has 0 radical (unpaired) electrons.